The van der Waals surface area contributed by atoms with E-state index in [4.69, 9.17) is 66.3 Å². The molecule has 0 spiro atoms. The summed E-state index contributed by atoms with van der Waals surface area (Å²) in [5.74, 6) is 0. The molecule has 368 valence electrons. The molecule has 9 rings (SSSR count). The Bertz CT molecular complexity index is 1550. The summed E-state index contributed by atoms with van der Waals surface area (Å²) in [7, 11) is 0. The van der Waals surface area contributed by atoms with Crippen LogP contribution in [0.1, 0.15) is 0 Å². The number of ether oxygens (including phenoxy) is 14. The van der Waals surface area contributed by atoms with Gasteiger partial charge in [-0.25, -0.2) is 0 Å². The number of hydrogen-bond donors (Lipinski definition) is 14. The monoisotopic (exact) mass is 936 g/mol. The molecule has 0 aliphatic carbocycles. The lowest BCUT2D eigenvalue weighted by atomic mass is 9.96. The molecule has 9 aliphatic rings. The molecule has 9 aliphatic heterocycles. The van der Waals surface area contributed by atoms with Gasteiger partial charge >= 0.3 is 0 Å². The largest absolute Gasteiger partial charge is 0.394 e. The maximum absolute atomic E-state index is 11.5. The number of aliphatic hydroxyl groups excluding tert-OH is 14. The minimum atomic E-state index is -1.87. The predicted octanol–water partition coefficient (Wildman–Crippen LogP) is -11.0. The van der Waals surface area contributed by atoms with Gasteiger partial charge in [0.15, 0.2) is 37.7 Å². The Morgan fingerprint density at radius 2 is 0.641 bits per heavy atom. The second-order valence-electron chi connectivity index (χ2n) is 17.1. The van der Waals surface area contributed by atoms with Gasteiger partial charge < -0.3 is 138 Å². The van der Waals surface area contributed by atoms with Gasteiger partial charge in [0.25, 0.3) is 0 Å². The normalized spacial score (nSPS) is 57.3. The smallest absolute Gasteiger partial charge is 0.187 e. The highest BCUT2D eigenvalue weighted by molar-refractivity contribution is 5.03. The first-order valence-electron chi connectivity index (χ1n) is 21.0. The van der Waals surface area contributed by atoms with Crippen LogP contribution in [0.2, 0.25) is 0 Å². The van der Waals surface area contributed by atoms with E-state index in [0.29, 0.717) is 0 Å². The van der Waals surface area contributed by atoms with Crippen molar-refractivity contribution >= 4 is 0 Å². The van der Waals surface area contributed by atoms with Gasteiger partial charge in [0, 0.05) is 0 Å². The molecule has 0 aromatic rings. The molecule has 0 saturated carbocycles. The Kier molecular flexibility index (Phi) is 14.5. The Hall–Kier alpha value is -1.12. The van der Waals surface area contributed by atoms with Crippen molar-refractivity contribution in [1.29, 1.82) is 0 Å². The molecule has 0 amide bonds. The summed E-state index contributed by atoms with van der Waals surface area (Å²) in [6.07, 6.45) is -44.2. The Balaban J connectivity index is 0.830. The number of rotatable bonds is 13. The maximum Gasteiger partial charge on any atom is 0.187 e. The van der Waals surface area contributed by atoms with Crippen LogP contribution in [0.3, 0.4) is 0 Å². The van der Waals surface area contributed by atoms with Crippen molar-refractivity contribution in [1.82, 2.24) is 0 Å². The standard InChI is InChI=1S/C36H56O28/c37-1-7-13(40)16(43)17(44)32(55-7)60-24-11-5-52-29(24)21(48)35(58-11)64-27-15(42)9(3-39)57-34(20(27)47)62-25-12-6-53-30(25)22(49)36(59-12)63-26-14(41)8(2-38)56-33(19(26)46)61-23-10-4-51-28(23)18(45)31(50)54-10/h7-50H,1-6H2/t7-,8-,9-,10+,11+,12+,13+,14+,15+,16+,17-,18+,19-,20-,21+,22+,23-,24-,25-,26+,27+,28+,29+,30+,31?,32+,33+,34+,35+,36+/m1/s1. The minimum Gasteiger partial charge on any atom is -0.394 e. The van der Waals surface area contributed by atoms with E-state index in [-0.39, 0.29) is 19.8 Å². The second kappa shape index (κ2) is 19.3. The Labute approximate surface area is 361 Å². The third kappa shape index (κ3) is 8.54. The third-order valence-electron chi connectivity index (χ3n) is 13.2. The summed E-state index contributed by atoms with van der Waals surface area (Å²) in [4.78, 5) is 0. The average molecular weight is 937 g/mol. The molecule has 64 heavy (non-hydrogen) atoms. The zero-order valence-electron chi connectivity index (χ0n) is 33.5. The van der Waals surface area contributed by atoms with Gasteiger partial charge in [-0.05, 0) is 0 Å². The first-order chi connectivity index (χ1) is 30.6. The third-order valence-corrected chi connectivity index (χ3v) is 13.2. The predicted molar refractivity (Wildman–Crippen MR) is 189 cm³/mol. The molecule has 0 aromatic heterocycles. The van der Waals surface area contributed by atoms with Crippen LogP contribution in [0, 0.1) is 0 Å². The van der Waals surface area contributed by atoms with Crippen molar-refractivity contribution in [2.24, 2.45) is 0 Å². The molecule has 0 aromatic carbocycles. The molecular weight excluding hydrogens is 880 g/mol. The van der Waals surface area contributed by atoms with Crippen molar-refractivity contribution in [2.45, 2.75) is 184 Å². The summed E-state index contributed by atoms with van der Waals surface area (Å²) >= 11 is 0. The van der Waals surface area contributed by atoms with Crippen molar-refractivity contribution in [3.8, 4) is 0 Å². The van der Waals surface area contributed by atoms with E-state index in [1.165, 1.54) is 0 Å². The molecule has 9 fully saturated rings. The SMILES string of the molecule is OC[C@H]1O[C@@H](O[C@H]2[C@H]3OC[C@@H]2O[C@@H](O[C@H]2[C@@H](O)[C@@H](CO)O[C@@H](O[C@H]4[C@H]5OC[C@@H]4O[C@@H](O[C@H]4[C@@H](O)[C@@H](CO)O[C@@H](O[C@H]6[C@H]7OC[C@@H]6OC(O)[C@H]7O)[C@@H]4O)[C@H]5O)[C@@H]2O)[C@H]3O)[C@H](O)[C@@H](O)[C@H]1O. The average Bonchev–Trinajstić information content (AvgIpc) is 3.89. The lowest BCUT2D eigenvalue weighted by molar-refractivity contribution is -0.380. The van der Waals surface area contributed by atoms with E-state index < -0.39 is 204 Å². The lowest BCUT2D eigenvalue weighted by Crippen LogP contribution is -2.66. The van der Waals surface area contributed by atoms with Crippen molar-refractivity contribution < 1.29 is 138 Å². The van der Waals surface area contributed by atoms with Gasteiger partial charge in [-0.2, -0.15) is 0 Å². The molecule has 9 saturated heterocycles. The van der Waals surface area contributed by atoms with Gasteiger partial charge in [0.05, 0.1) is 39.6 Å². The van der Waals surface area contributed by atoms with Gasteiger partial charge in [-0.3, -0.25) is 0 Å². The molecule has 30 atom stereocenters. The maximum atomic E-state index is 11.5. The molecule has 6 bridgehead atoms. The van der Waals surface area contributed by atoms with E-state index in [0.717, 1.165) is 0 Å². The van der Waals surface area contributed by atoms with Gasteiger partial charge in [0.1, 0.15) is 146 Å². The molecule has 0 radical (unpaired) electrons. The topological polar surface area (TPSA) is 412 Å². The number of fused-ring (bicyclic) bond motifs is 6. The van der Waals surface area contributed by atoms with Crippen molar-refractivity contribution in [3.05, 3.63) is 0 Å². The van der Waals surface area contributed by atoms with E-state index in [1.54, 1.807) is 0 Å². The van der Waals surface area contributed by atoms with Crippen molar-refractivity contribution in [3.63, 3.8) is 0 Å². The van der Waals surface area contributed by atoms with Crippen LogP contribution in [0.25, 0.3) is 0 Å². The molecule has 28 nitrogen and oxygen atoms in total. The van der Waals surface area contributed by atoms with Crippen molar-refractivity contribution in [2.75, 3.05) is 39.6 Å². The highest BCUT2D eigenvalue weighted by atomic mass is 16.8. The molecular formula is C36H56O28. The summed E-state index contributed by atoms with van der Waals surface area (Å²) in [5.41, 5.74) is 0. The van der Waals surface area contributed by atoms with Gasteiger partial charge in [0.2, 0.25) is 0 Å². The fourth-order valence-corrected chi connectivity index (χ4v) is 9.61. The fourth-order valence-electron chi connectivity index (χ4n) is 9.61. The lowest BCUT2D eigenvalue weighted by Gasteiger charge is -2.48. The van der Waals surface area contributed by atoms with E-state index >= 15 is 0 Å². The number of hydrogen-bond acceptors (Lipinski definition) is 28. The molecule has 1 unspecified atom stereocenters. The quantitative estimate of drug-likeness (QED) is 0.0815. The summed E-state index contributed by atoms with van der Waals surface area (Å²) < 4.78 is 80.4. The van der Waals surface area contributed by atoms with E-state index in [9.17, 15) is 71.5 Å². The van der Waals surface area contributed by atoms with Crippen LogP contribution in [0.15, 0.2) is 0 Å². The summed E-state index contributed by atoms with van der Waals surface area (Å²) in [6, 6.07) is 0. The summed E-state index contributed by atoms with van der Waals surface area (Å²) in [5, 5.41) is 149. The van der Waals surface area contributed by atoms with Gasteiger partial charge in [-0.1, -0.05) is 0 Å². The first kappa shape index (κ1) is 47.9. The first-order valence-corrected chi connectivity index (χ1v) is 21.0. The minimum absolute atomic E-state index is 0.0613. The zero-order chi connectivity index (χ0) is 45.5. The van der Waals surface area contributed by atoms with Crippen LogP contribution in [-0.2, 0) is 66.3 Å². The second-order valence-corrected chi connectivity index (χ2v) is 17.1. The molecule has 14 N–H and O–H groups in total. The Morgan fingerprint density at radius 3 is 1.05 bits per heavy atom. The highest BCUT2D eigenvalue weighted by Crippen LogP contribution is 2.41. The molecule has 9 heterocycles. The zero-order valence-corrected chi connectivity index (χ0v) is 33.5. The van der Waals surface area contributed by atoms with E-state index in [2.05, 4.69) is 0 Å². The van der Waals surface area contributed by atoms with Crippen LogP contribution in [0.4, 0.5) is 0 Å². The van der Waals surface area contributed by atoms with Crippen LogP contribution in [-0.4, -0.2) is 295 Å². The molecule has 28 heteroatoms. The van der Waals surface area contributed by atoms with E-state index in [1.807, 2.05) is 0 Å². The summed E-state index contributed by atoms with van der Waals surface area (Å²) in [6.45, 7) is -2.73. The number of aliphatic hydroxyl groups is 14. The van der Waals surface area contributed by atoms with Crippen LogP contribution >= 0.6 is 0 Å². The fraction of sp³-hybridized carbons (Fsp3) is 1.00. The van der Waals surface area contributed by atoms with Crippen LogP contribution in [0.5, 0.6) is 0 Å². The highest BCUT2D eigenvalue weighted by Gasteiger charge is 2.61. The van der Waals surface area contributed by atoms with Crippen LogP contribution < -0.4 is 0 Å². The van der Waals surface area contributed by atoms with Gasteiger partial charge in [-0.15, -0.1) is 0 Å². The Morgan fingerprint density at radius 1 is 0.312 bits per heavy atom.